The van der Waals surface area contributed by atoms with Crippen molar-refractivity contribution in [1.82, 2.24) is 0 Å². The fraction of sp³-hybridized carbons (Fsp3) is 0.438. The molecule has 0 N–H and O–H groups in total. The molecule has 2 atom stereocenters. The summed E-state index contributed by atoms with van der Waals surface area (Å²) in [4.78, 5) is 17.7. The standard InChI is InChI=1S/C16H17N3O3S2/c1-10-3-4-12(7-11(10)2)19-13-8-24(21,22)9-14(13)23-16(19)18-15(20)5-6-17/h3-4,7,13-14H,5,8-9H2,1-2H3. The van der Waals surface area contributed by atoms with Gasteiger partial charge in [0.15, 0.2) is 15.0 Å². The first-order valence-corrected chi connectivity index (χ1v) is 10.2. The molecule has 0 bridgehead atoms. The van der Waals surface area contributed by atoms with E-state index in [0.717, 1.165) is 16.8 Å². The maximum absolute atomic E-state index is 12.0. The van der Waals surface area contributed by atoms with Gasteiger partial charge in [-0.1, -0.05) is 17.8 Å². The number of aryl methyl sites for hydroxylation is 2. The Labute approximate surface area is 145 Å². The second kappa shape index (κ2) is 6.22. The van der Waals surface area contributed by atoms with Crippen LogP contribution < -0.4 is 4.90 Å². The highest BCUT2D eigenvalue weighted by molar-refractivity contribution is 8.16. The molecule has 1 amide bonds. The lowest BCUT2D eigenvalue weighted by molar-refractivity contribution is -0.116. The van der Waals surface area contributed by atoms with Crippen LogP contribution in [0.4, 0.5) is 5.69 Å². The molecule has 2 unspecified atom stereocenters. The molecule has 1 aromatic rings. The van der Waals surface area contributed by atoms with E-state index in [4.69, 9.17) is 5.26 Å². The number of carbonyl (C=O) groups excluding carboxylic acids is 1. The summed E-state index contributed by atoms with van der Waals surface area (Å²) in [6.45, 7) is 3.99. The van der Waals surface area contributed by atoms with Crippen LogP contribution in [-0.2, 0) is 14.6 Å². The summed E-state index contributed by atoms with van der Waals surface area (Å²) in [5.74, 6) is -0.352. The van der Waals surface area contributed by atoms with Crippen molar-refractivity contribution in [1.29, 1.82) is 5.26 Å². The predicted octanol–water partition coefficient (Wildman–Crippen LogP) is 1.82. The Morgan fingerprint density at radius 1 is 1.38 bits per heavy atom. The third-order valence-electron chi connectivity index (χ3n) is 4.29. The lowest BCUT2D eigenvalue weighted by Crippen LogP contribution is -2.37. The third-order valence-corrected chi connectivity index (χ3v) is 7.50. The molecule has 0 spiro atoms. The van der Waals surface area contributed by atoms with Crippen LogP contribution >= 0.6 is 11.8 Å². The summed E-state index contributed by atoms with van der Waals surface area (Å²) in [6.07, 6.45) is -0.279. The highest BCUT2D eigenvalue weighted by Crippen LogP contribution is 2.41. The van der Waals surface area contributed by atoms with Gasteiger partial charge in [0, 0.05) is 10.9 Å². The number of aliphatic imine (C=N–C) groups is 1. The van der Waals surface area contributed by atoms with E-state index in [1.165, 1.54) is 11.8 Å². The van der Waals surface area contributed by atoms with Crippen molar-refractivity contribution < 1.29 is 13.2 Å². The molecule has 0 aromatic heterocycles. The summed E-state index contributed by atoms with van der Waals surface area (Å²) in [7, 11) is -3.08. The summed E-state index contributed by atoms with van der Waals surface area (Å²) < 4.78 is 24.0. The van der Waals surface area contributed by atoms with Crippen LogP contribution in [0.25, 0.3) is 0 Å². The smallest absolute Gasteiger partial charge is 0.262 e. The van der Waals surface area contributed by atoms with E-state index in [1.54, 1.807) is 6.07 Å². The van der Waals surface area contributed by atoms with Crippen molar-refractivity contribution in [2.45, 2.75) is 31.6 Å². The van der Waals surface area contributed by atoms with Gasteiger partial charge in [0.1, 0.15) is 6.42 Å². The normalized spacial score (nSPS) is 26.4. The number of nitriles is 1. The number of hydrogen-bond acceptors (Lipinski definition) is 5. The summed E-state index contributed by atoms with van der Waals surface area (Å²) in [5, 5.41) is 9.01. The topological polar surface area (TPSA) is 90.6 Å². The van der Waals surface area contributed by atoms with Gasteiger partial charge in [-0.3, -0.25) is 4.79 Å². The van der Waals surface area contributed by atoms with Crippen molar-refractivity contribution >= 4 is 38.4 Å². The number of rotatable bonds is 2. The third kappa shape index (κ3) is 3.19. The molecule has 126 valence electrons. The average Bonchev–Trinajstić information content (AvgIpc) is 2.93. The van der Waals surface area contributed by atoms with E-state index in [0.29, 0.717) is 5.17 Å². The van der Waals surface area contributed by atoms with Crippen LogP contribution in [0.3, 0.4) is 0 Å². The molecule has 2 heterocycles. The minimum absolute atomic E-state index is 0.0586. The molecule has 24 heavy (non-hydrogen) atoms. The average molecular weight is 363 g/mol. The minimum atomic E-state index is -3.08. The fourth-order valence-corrected chi connectivity index (χ4v) is 6.89. The quantitative estimate of drug-likeness (QED) is 0.796. The van der Waals surface area contributed by atoms with Crippen molar-refractivity contribution in [2.24, 2.45) is 4.99 Å². The SMILES string of the molecule is Cc1ccc(N2C(=NC(=O)CC#N)SC3CS(=O)(=O)CC32)cc1C. The van der Waals surface area contributed by atoms with Crippen molar-refractivity contribution in [3.8, 4) is 6.07 Å². The van der Waals surface area contributed by atoms with Gasteiger partial charge in [-0.2, -0.15) is 10.3 Å². The molecule has 2 saturated heterocycles. The Morgan fingerprint density at radius 3 is 2.79 bits per heavy atom. The molecular formula is C16H17N3O3S2. The number of benzene rings is 1. The van der Waals surface area contributed by atoms with Crippen LogP contribution in [0.2, 0.25) is 0 Å². The predicted molar refractivity (Wildman–Crippen MR) is 94.9 cm³/mol. The van der Waals surface area contributed by atoms with Gasteiger partial charge in [0.2, 0.25) is 0 Å². The Hall–Kier alpha value is -1.85. The second-order valence-corrected chi connectivity index (χ2v) is 9.42. The van der Waals surface area contributed by atoms with E-state index >= 15 is 0 Å². The number of hydrogen-bond donors (Lipinski definition) is 0. The highest BCUT2D eigenvalue weighted by Gasteiger charge is 2.49. The van der Waals surface area contributed by atoms with Crippen LogP contribution in [0.15, 0.2) is 23.2 Å². The zero-order chi connectivity index (χ0) is 17.5. The number of carbonyl (C=O) groups is 1. The number of amidine groups is 1. The summed E-state index contributed by atoms with van der Waals surface area (Å²) >= 11 is 1.32. The van der Waals surface area contributed by atoms with Gasteiger partial charge in [-0.05, 0) is 37.1 Å². The molecule has 6 nitrogen and oxygen atoms in total. The van der Waals surface area contributed by atoms with Gasteiger partial charge >= 0.3 is 0 Å². The molecular weight excluding hydrogens is 346 g/mol. The van der Waals surface area contributed by atoms with E-state index in [9.17, 15) is 13.2 Å². The first-order valence-electron chi connectivity index (χ1n) is 7.53. The lowest BCUT2D eigenvalue weighted by atomic mass is 10.1. The molecule has 0 aliphatic carbocycles. The molecule has 3 rings (SSSR count). The summed E-state index contributed by atoms with van der Waals surface area (Å²) in [5.41, 5.74) is 3.06. The zero-order valence-electron chi connectivity index (χ0n) is 13.4. The number of thioether (sulfide) groups is 1. The molecule has 2 aliphatic heterocycles. The Bertz CT molecular complexity index is 871. The minimum Gasteiger partial charge on any atom is -0.316 e. The first-order chi connectivity index (χ1) is 11.3. The Kier molecular flexibility index (Phi) is 4.40. The first kappa shape index (κ1) is 17.0. The van der Waals surface area contributed by atoms with E-state index in [1.807, 2.05) is 36.9 Å². The molecule has 1 aromatic carbocycles. The Balaban J connectivity index is 2.03. The molecule has 8 heteroatoms. The van der Waals surface area contributed by atoms with E-state index in [-0.39, 0.29) is 29.2 Å². The summed E-state index contributed by atoms with van der Waals surface area (Å²) in [6, 6.07) is 7.44. The van der Waals surface area contributed by atoms with Crippen LogP contribution in [0.1, 0.15) is 17.5 Å². The Morgan fingerprint density at radius 2 is 2.12 bits per heavy atom. The molecule has 0 radical (unpaired) electrons. The van der Waals surface area contributed by atoms with Gasteiger partial charge in [-0.15, -0.1) is 0 Å². The van der Waals surface area contributed by atoms with Gasteiger partial charge in [-0.25, -0.2) is 8.42 Å². The number of amides is 1. The number of fused-ring (bicyclic) bond motifs is 1. The lowest BCUT2D eigenvalue weighted by Gasteiger charge is -2.25. The number of sulfone groups is 1. The fourth-order valence-electron chi connectivity index (χ4n) is 2.96. The number of anilines is 1. The second-order valence-electron chi connectivity index (χ2n) is 6.06. The van der Waals surface area contributed by atoms with Crippen LogP contribution in [-0.4, -0.2) is 42.3 Å². The largest absolute Gasteiger partial charge is 0.316 e. The van der Waals surface area contributed by atoms with Gasteiger partial charge < -0.3 is 4.90 Å². The molecule has 2 fully saturated rings. The van der Waals surface area contributed by atoms with Crippen molar-refractivity contribution in [3.63, 3.8) is 0 Å². The highest BCUT2D eigenvalue weighted by atomic mass is 32.2. The van der Waals surface area contributed by atoms with Crippen LogP contribution in [0, 0.1) is 25.2 Å². The maximum Gasteiger partial charge on any atom is 0.262 e. The molecule has 2 aliphatic rings. The zero-order valence-corrected chi connectivity index (χ0v) is 15.0. The maximum atomic E-state index is 12.0. The number of nitrogens with zero attached hydrogens (tertiary/aromatic N) is 3. The van der Waals surface area contributed by atoms with Crippen molar-refractivity contribution in [2.75, 3.05) is 16.4 Å². The monoisotopic (exact) mass is 363 g/mol. The van der Waals surface area contributed by atoms with Gasteiger partial charge in [0.05, 0.1) is 23.6 Å². The van der Waals surface area contributed by atoms with Crippen LogP contribution in [0.5, 0.6) is 0 Å². The molecule has 0 saturated carbocycles. The van der Waals surface area contributed by atoms with E-state index in [2.05, 4.69) is 4.99 Å². The van der Waals surface area contributed by atoms with Gasteiger partial charge in [0.25, 0.3) is 5.91 Å². The van der Waals surface area contributed by atoms with Crippen molar-refractivity contribution in [3.05, 3.63) is 29.3 Å². The van der Waals surface area contributed by atoms with E-state index < -0.39 is 15.7 Å².